The number of hydrogen-bond acceptors (Lipinski definition) is 3. The van der Waals surface area contributed by atoms with E-state index in [1.165, 1.54) is 0 Å². The van der Waals surface area contributed by atoms with Gasteiger partial charge in [-0.2, -0.15) is 0 Å². The van der Waals surface area contributed by atoms with Crippen molar-refractivity contribution in [2.24, 2.45) is 5.41 Å². The Labute approximate surface area is 169 Å². The maximum Gasteiger partial charge on any atom is 0.238 e. The van der Waals surface area contributed by atoms with Crippen molar-refractivity contribution in [3.8, 4) is 5.75 Å². The van der Waals surface area contributed by atoms with E-state index in [-0.39, 0.29) is 11.9 Å². The van der Waals surface area contributed by atoms with Gasteiger partial charge in [0.2, 0.25) is 5.91 Å². The highest BCUT2D eigenvalue weighted by molar-refractivity contribution is 6.30. The summed E-state index contributed by atoms with van der Waals surface area (Å²) < 4.78 is 11.5. The van der Waals surface area contributed by atoms with Crippen LogP contribution in [0, 0.1) is 5.41 Å². The van der Waals surface area contributed by atoms with Crippen LogP contribution in [0.4, 0.5) is 5.69 Å². The van der Waals surface area contributed by atoms with Crippen molar-refractivity contribution in [2.45, 2.75) is 24.5 Å². The minimum absolute atomic E-state index is 0.125. The van der Waals surface area contributed by atoms with Gasteiger partial charge < -0.3 is 14.4 Å². The van der Waals surface area contributed by atoms with Gasteiger partial charge in [0.25, 0.3) is 0 Å². The van der Waals surface area contributed by atoms with Crippen molar-refractivity contribution in [1.29, 1.82) is 0 Å². The molecule has 1 saturated heterocycles. The van der Waals surface area contributed by atoms with Crippen molar-refractivity contribution < 1.29 is 14.3 Å². The molecule has 5 rings (SSSR count). The van der Waals surface area contributed by atoms with E-state index in [2.05, 4.69) is 6.08 Å². The van der Waals surface area contributed by atoms with Gasteiger partial charge in [-0.1, -0.05) is 29.8 Å². The van der Waals surface area contributed by atoms with Crippen LogP contribution in [0.1, 0.15) is 18.4 Å². The number of halogens is 1. The van der Waals surface area contributed by atoms with Crippen molar-refractivity contribution in [1.82, 2.24) is 0 Å². The largest absolute Gasteiger partial charge is 0.497 e. The molecule has 0 radical (unpaired) electrons. The maximum atomic E-state index is 13.4. The molecular weight excluding hydrogens is 374 g/mol. The van der Waals surface area contributed by atoms with Gasteiger partial charge in [-0.25, -0.2) is 0 Å². The Morgan fingerprint density at radius 2 is 2.00 bits per heavy atom. The molecule has 2 aromatic carbocycles. The van der Waals surface area contributed by atoms with E-state index in [0.717, 1.165) is 29.8 Å². The van der Waals surface area contributed by atoms with Crippen LogP contribution in [-0.4, -0.2) is 24.7 Å². The van der Waals surface area contributed by atoms with Crippen LogP contribution in [0.3, 0.4) is 0 Å². The topological polar surface area (TPSA) is 38.8 Å². The lowest BCUT2D eigenvalue weighted by Crippen LogP contribution is -2.43. The summed E-state index contributed by atoms with van der Waals surface area (Å²) in [5.74, 6) is 0.924. The van der Waals surface area contributed by atoms with Gasteiger partial charge in [0.1, 0.15) is 11.8 Å². The van der Waals surface area contributed by atoms with Crippen LogP contribution in [0.5, 0.6) is 5.75 Å². The fourth-order valence-corrected chi connectivity index (χ4v) is 4.63. The van der Waals surface area contributed by atoms with Crippen LogP contribution < -0.4 is 9.64 Å². The number of hydrogen-bond donors (Lipinski definition) is 0. The smallest absolute Gasteiger partial charge is 0.238 e. The summed E-state index contributed by atoms with van der Waals surface area (Å²) in [7, 11) is 1.65. The van der Waals surface area contributed by atoms with Crippen molar-refractivity contribution in [3.63, 3.8) is 0 Å². The molecular formula is C23H20ClNO3. The van der Waals surface area contributed by atoms with Gasteiger partial charge in [0.15, 0.2) is 5.60 Å². The average molecular weight is 394 g/mol. The highest BCUT2D eigenvalue weighted by Gasteiger charge is 2.76. The Balaban J connectivity index is 1.55. The van der Waals surface area contributed by atoms with E-state index in [1.807, 2.05) is 65.6 Å². The monoisotopic (exact) mass is 393 g/mol. The van der Waals surface area contributed by atoms with E-state index in [9.17, 15) is 4.79 Å². The molecule has 2 aliphatic heterocycles. The Kier molecular flexibility index (Phi) is 3.81. The Morgan fingerprint density at radius 3 is 2.71 bits per heavy atom. The zero-order valence-corrected chi connectivity index (χ0v) is 16.2. The summed E-state index contributed by atoms with van der Waals surface area (Å²) in [4.78, 5) is 15.3. The number of amides is 1. The first-order valence-electron chi connectivity index (χ1n) is 9.37. The third-order valence-corrected chi connectivity index (χ3v) is 6.34. The standard InChI is InChI=1S/C23H20ClNO3/c1-27-19-4-2-3-16(15-19)9-11-23-20(10-14-28-23)25(21(26)22(23)12-13-22)18-7-5-17(24)6-8-18/h2-11,14-15,20H,12-13H2,1H3/b11-9+/t20-,23+/m1/s1. The summed E-state index contributed by atoms with van der Waals surface area (Å²) in [6.07, 6.45) is 9.47. The third kappa shape index (κ3) is 2.34. The zero-order chi connectivity index (χ0) is 19.4. The summed E-state index contributed by atoms with van der Waals surface area (Å²) >= 11 is 6.04. The molecule has 142 valence electrons. The molecule has 0 unspecified atom stereocenters. The SMILES string of the molecule is COc1cccc(/C=C/[C@]23OC=C[C@H]2N(c2ccc(Cl)cc2)C(=O)C32CC2)c1. The summed E-state index contributed by atoms with van der Waals surface area (Å²) in [6.45, 7) is 0. The second kappa shape index (κ2) is 6.14. The van der Waals surface area contributed by atoms with Crippen LogP contribution in [0.15, 0.2) is 66.9 Å². The third-order valence-electron chi connectivity index (χ3n) is 6.09. The molecule has 0 aromatic heterocycles. The lowest BCUT2D eigenvalue weighted by Gasteiger charge is -2.31. The molecule has 28 heavy (non-hydrogen) atoms. The first-order valence-corrected chi connectivity index (χ1v) is 9.74. The van der Waals surface area contributed by atoms with Crippen LogP contribution in [0.25, 0.3) is 6.08 Å². The number of rotatable bonds is 4. The molecule has 1 aliphatic carbocycles. The van der Waals surface area contributed by atoms with Gasteiger partial charge in [0.05, 0.1) is 18.8 Å². The van der Waals surface area contributed by atoms with E-state index in [1.54, 1.807) is 13.4 Å². The summed E-state index contributed by atoms with van der Waals surface area (Å²) in [6, 6.07) is 15.1. The number of carbonyl (C=O) groups excluding carboxylic acids is 1. The molecule has 2 atom stereocenters. The quantitative estimate of drug-likeness (QED) is 0.746. The van der Waals surface area contributed by atoms with Crippen molar-refractivity contribution in [3.05, 3.63) is 77.5 Å². The van der Waals surface area contributed by atoms with E-state index < -0.39 is 11.0 Å². The van der Waals surface area contributed by atoms with Crippen LogP contribution >= 0.6 is 11.6 Å². The van der Waals surface area contributed by atoms with Gasteiger partial charge in [-0.05, 0) is 67.0 Å². The average Bonchev–Trinajstić information content (AvgIpc) is 3.40. The molecule has 1 saturated carbocycles. The molecule has 0 N–H and O–H groups in total. The van der Waals surface area contributed by atoms with Gasteiger partial charge in [-0.3, -0.25) is 4.79 Å². The van der Waals surface area contributed by atoms with Crippen LogP contribution in [-0.2, 0) is 9.53 Å². The van der Waals surface area contributed by atoms with Gasteiger partial charge >= 0.3 is 0 Å². The highest BCUT2D eigenvalue weighted by atomic mass is 35.5. The highest BCUT2D eigenvalue weighted by Crippen LogP contribution is 2.65. The lowest BCUT2D eigenvalue weighted by molar-refractivity contribution is -0.125. The molecule has 4 nitrogen and oxygen atoms in total. The minimum atomic E-state index is -0.688. The second-order valence-electron chi connectivity index (χ2n) is 7.53. The number of carbonyl (C=O) groups is 1. The fourth-order valence-electron chi connectivity index (χ4n) is 4.51. The predicted molar refractivity (Wildman–Crippen MR) is 109 cm³/mol. The number of fused-ring (bicyclic) bond motifs is 2. The van der Waals surface area contributed by atoms with Gasteiger partial charge in [0, 0.05) is 10.7 Å². The molecule has 1 amide bonds. The van der Waals surface area contributed by atoms with E-state index in [4.69, 9.17) is 21.1 Å². The number of ether oxygens (including phenoxy) is 2. The zero-order valence-electron chi connectivity index (χ0n) is 15.5. The van der Waals surface area contributed by atoms with E-state index >= 15 is 0 Å². The molecule has 2 fully saturated rings. The van der Waals surface area contributed by atoms with Gasteiger partial charge in [-0.15, -0.1) is 0 Å². The van der Waals surface area contributed by atoms with Crippen molar-refractivity contribution in [2.75, 3.05) is 12.0 Å². The molecule has 0 bridgehead atoms. The predicted octanol–water partition coefficient (Wildman–Crippen LogP) is 4.84. The maximum absolute atomic E-state index is 13.4. The molecule has 5 heteroatoms. The lowest BCUT2D eigenvalue weighted by atomic mass is 9.82. The van der Waals surface area contributed by atoms with E-state index in [0.29, 0.717) is 5.02 Å². The Morgan fingerprint density at radius 1 is 1.21 bits per heavy atom. The summed E-state index contributed by atoms with van der Waals surface area (Å²) in [5, 5.41) is 0.652. The summed E-state index contributed by atoms with van der Waals surface area (Å²) in [5.41, 5.74) is 0.664. The first kappa shape index (κ1) is 17.4. The van der Waals surface area contributed by atoms with Crippen LogP contribution in [0.2, 0.25) is 5.02 Å². The number of methoxy groups -OCH3 is 1. The first-order chi connectivity index (χ1) is 13.6. The van der Waals surface area contributed by atoms with Crippen molar-refractivity contribution >= 4 is 29.3 Å². The second-order valence-corrected chi connectivity index (χ2v) is 7.96. The molecule has 3 aliphatic rings. The normalized spacial score (nSPS) is 26.7. The molecule has 2 heterocycles. The number of nitrogens with zero attached hydrogens (tertiary/aromatic N) is 1. The number of benzene rings is 2. The number of anilines is 1. The molecule has 1 spiro atoms. The fraction of sp³-hybridized carbons (Fsp3) is 0.261. The Bertz CT molecular complexity index is 993. The Hall–Kier alpha value is -2.72. The molecule has 2 aromatic rings. The minimum Gasteiger partial charge on any atom is -0.497 e.